The van der Waals surface area contributed by atoms with E-state index in [1.54, 1.807) is 12.1 Å². The lowest BCUT2D eigenvalue weighted by Gasteiger charge is -2.23. The molecule has 1 aliphatic rings. The summed E-state index contributed by atoms with van der Waals surface area (Å²) in [6.07, 6.45) is 5.95. The van der Waals surface area contributed by atoms with Crippen molar-refractivity contribution in [3.63, 3.8) is 0 Å². The van der Waals surface area contributed by atoms with E-state index in [4.69, 9.17) is 0 Å². The van der Waals surface area contributed by atoms with Crippen molar-refractivity contribution < 1.29 is 9.59 Å². The maximum atomic E-state index is 12.7. The third-order valence-electron chi connectivity index (χ3n) is 5.24. The summed E-state index contributed by atoms with van der Waals surface area (Å²) < 4.78 is 0. The van der Waals surface area contributed by atoms with Crippen molar-refractivity contribution in [2.45, 2.75) is 58.4 Å². The van der Waals surface area contributed by atoms with Gasteiger partial charge in [0.2, 0.25) is 5.91 Å². The third kappa shape index (κ3) is 5.19. The van der Waals surface area contributed by atoms with Crippen molar-refractivity contribution in [3.05, 3.63) is 64.7 Å². The Morgan fingerprint density at radius 3 is 2.52 bits per heavy atom. The molecule has 0 unspecified atom stereocenters. The quantitative estimate of drug-likeness (QED) is 0.818. The van der Waals surface area contributed by atoms with E-state index < -0.39 is 0 Å². The molecule has 4 nitrogen and oxygen atoms in total. The monoisotopic (exact) mass is 364 g/mol. The van der Waals surface area contributed by atoms with Gasteiger partial charge in [0, 0.05) is 6.04 Å². The van der Waals surface area contributed by atoms with E-state index in [2.05, 4.69) is 10.6 Å². The summed E-state index contributed by atoms with van der Waals surface area (Å²) in [7, 11) is 0. The summed E-state index contributed by atoms with van der Waals surface area (Å²) in [6.45, 7) is 4.03. The average Bonchev–Trinajstić information content (AvgIpc) is 2.66. The number of nitrogens with one attached hydrogen (secondary N) is 2. The fourth-order valence-corrected chi connectivity index (χ4v) is 3.66. The maximum Gasteiger partial charge on any atom is 0.253 e. The Bertz CT molecular complexity index is 823. The average molecular weight is 364 g/mol. The second kappa shape index (κ2) is 8.85. The van der Waals surface area contributed by atoms with Crippen molar-refractivity contribution in [2.75, 3.05) is 5.32 Å². The number of rotatable bonds is 5. The molecular weight excluding hydrogens is 336 g/mol. The van der Waals surface area contributed by atoms with Crippen LogP contribution in [-0.4, -0.2) is 17.9 Å². The summed E-state index contributed by atoms with van der Waals surface area (Å²) in [4.78, 5) is 25.3. The van der Waals surface area contributed by atoms with Gasteiger partial charge in [-0.25, -0.2) is 0 Å². The van der Waals surface area contributed by atoms with Crippen LogP contribution >= 0.6 is 0 Å². The van der Waals surface area contributed by atoms with Gasteiger partial charge in [0.15, 0.2) is 0 Å². The molecule has 4 heteroatoms. The minimum absolute atomic E-state index is 0.107. The Morgan fingerprint density at radius 1 is 1.00 bits per heavy atom. The molecule has 2 aromatic rings. The van der Waals surface area contributed by atoms with E-state index >= 15 is 0 Å². The second-order valence-corrected chi connectivity index (χ2v) is 7.51. The Hall–Kier alpha value is -2.62. The molecular formula is C23H28N2O2. The molecule has 142 valence electrons. The molecule has 3 rings (SSSR count). The number of anilines is 1. The molecule has 0 saturated heterocycles. The number of carbonyl (C=O) groups is 2. The number of aryl methyl sites for hydroxylation is 2. The topological polar surface area (TPSA) is 58.2 Å². The smallest absolute Gasteiger partial charge is 0.253 e. The number of benzene rings is 2. The highest BCUT2D eigenvalue weighted by Gasteiger charge is 2.19. The molecule has 0 heterocycles. The molecule has 2 amide bonds. The Balaban J connectivity index is 1.68. The van der Waals surface area contributed by atoms with Crippen LogP contribution in [0.15, 0.2) is 42.5 Å². The molecule has 1 aliphatic carbocycles. The van der Waals surface area contributed by atoms with Crippen LogP contribution in [0.1, 0.15) is 59.2 Å². The van der Waals surface area contributed by atoms with E-state index in [1.165, 1.54) is 19.3 Å². The van der Waals surface area contributed by atoms with Gasteiger partial charge in [-0.2, -0.15) is 0 Å². The summed E-state index contributed by atoms with van der Waals surface area (Å²) in [5.74, 6) is -0.217. The molecule has 0 atom stereocenters. The van der Waals surface area contributed by atoms with Crippen LogP contribution in [0.5, 0.6) is 0 Å². The second-order valence-electron chi connectivity index (χ2n) is 7.51. The number of hydrogen-bond acceptors (Lipinski definition) is 2. The molecule has 0 spiro atoms. The Labute approximate surface area is 161 Å². The summed E-state index contributed by atoms with van der Waals surface area (Å²) in [5, 5.41) is 6.05. The standard InChI is InChI=1S/C23H28N2O2/c1-16-12-13-17(2)18(14-16)15-22(26)25-21-11-7-6-10-20(21)23(27)24-19-8-4-3-5-9-19/h6-7,10-14,19H,3-5,8-9,15H2,1-2H3,(H,24,27)(H,25,26). The van der Waals surface area contributed by atoms with Crippen LogP contribution in [0, 0.1) is 13.8 Å². The zero-order valence-corrected chi connectivity index (χ0v) is 16.2. The van der Waals surface area contributed by atoms with Gasteiger partial charge in [-0.15, -0.1) is 0 Å². The molecule has 1 fully saturated rings. The van der Waals surface area contributed by atoms with Gasteiger partial charge in [-0.05, 0) is 49.9 Å². The SMILES string of the molecule is Cc1ccc(C)c(CC(=O)Nc2ccccc2C(=O)NC2CCCCC2)c1. The van der Waals surface area contributed by atoms with Crippen LogP contribution in [0.25, 0.3) is 0 Å². The third-order valence-corrected chi connectivity index (χ3v) is 5.24. The van der Waals surface area contributed by atoms with Gasteiger partial charge in [0.25, 0.3) is 5.91 Å². The molecule has 1 saturated carbocycles. The number of para-hydroxylation sites is 1. The molecule has 0 radical (unpaired) electrons. The van der Waals surface area contributed by atoms with Crippen molar-refractivity contribution >= 4 is 17.5 Å². The van der Waals surface area contributed by atoms with Crippen LogP contribution < -0.4 is 10.6 Å². The van der Waals surface area contributed by atoms with E-state index in [-0.39, 0.29) is 17.9 Å². The molecule has 27 heavy (non-hydrogen) atoms. The number of amides is 2. The first-order valence-electron chi connectivity index (χ1n) is 9.79. The summed E-state index contributed by atoms with van der Waals surface area (Å²) in [5.41, 5.74) is 4.34. The van der Waals surface area contributed by atoms with Crippen molar-refractivity contribution in [2.24, 2.45) is 0 Å². The Morgan fingerprint density at radius 2 is 1.74 bits per heavy atom. The largest absolute Gasteiger partial charge is 0.349 e. The first-order valence-corrected chi connectivity index (χ1v) is 9.79. The van der Waals surface area contributed by atoms with Crippen LogP contribution in [0.2, 0.25) is 0 Å². The lowest BCUT2D eigenvalue weighted by molar-refractivity contribution is -0.115. The summed E-state index contributed by atoms with van der Waals surface area (Å²) in [6, 6.07) is 13.6. The maximum absolute atomic E-state index is 12.7. The molecule has 2 aromatic carbocycles. The summed E-state index contributed by atoms with van der Waals surface area (Å²) >= 11 is 0. The lowest BCUT2D eigenvalue weighted by Crippen LogP contribution is -2.36. The van der Waals surface area contributed by atoms with Crippen LogP contribution in [-0.2, 0) is 11.2 Å². The minimum atomic E-state index is -0.110. The minimum Gasteiger partial charge on any atom is -0.349 e. The van der Waals surface area contributed by atoms with Crippen molar-refractivity contribution in [3.8, 4) is 0 Å². The first-order chi connectivity index (χ1) is 13.0. The van der Waals surface area contributed by atoms with Crippen LogP contribution in [0.4, 0.5) is 5.69 Å². The highest BCUT2D eigenvalue weighted by Crippen LogP contribution is 2.20. The Kier molecular flexibility index (Phi) is 6.28. The van der Waals surface area contributed by atoms with Gasteiger partial charge in [-0.3, -0.25) is 9.59 Å². The fraction of sp³-hybridized carbons (Fsp3) is 0.391. The van der Waals surface area contributed by atoms with Gasteiger partial charge in [-0.1, -0.05) is 55.2 Å². The zero-order chi connectivity index (χ0) is 19.2. The van der Waals surface area contributed by atoms with Crippen molar-refractivity contribution in [1.82, 2.24) is 5.32 Å². The van der Waals surface area contributed by atoms with Gasteiger partial charge < -0.3 is 10.6 Å². The fourth-order valence-electron chi connectivity index (χ4n) is 3.66. The number of hydrogen-bond donors (Lipinski definition) is 2. The van der Waals surface area contributed by atoms with E-state index in [1.807, 2.05) is 44.2 Å². The molecule has 0 bridgehead atoms. The van der Waals surface area contributed by atoms with Crippen molar-refractivity contribution in [1.29, 1.82) is 0 Å². The highest BCUT2D eigenvalue weighted by molar-refractivity contribution is 6.04. The molecule has 0 aliphatic heterocycles. The van der Waals surface area contributed by atoms with Crippen LogP contribution in [0.3, 0.4) is 0 Å². The van der Waals surface area contributed by atoms with E-state index in [9.17, 15) is 9.59 Å². The zero-order valence-electron chi connectivity index (χ0n) is 16.2. The van der Waals surface area contributed by atoms with Gasteiger partial charge in [0.05, 0.1) is 17.7 Å². The normalized spacial score (nSPS) is 14.6. The number of carbonyl (C=O) groups excluding carboxylic acids is 2. The van der Waals surface area contributed by atoms with E-state index in [0.29, 0.717) is 17.7 Å². The first kappa shape index (κ1) is 19.2. The van der Waals surface area contributed by atoms with Gasteiger partial charge >= 0.3 is 0 Å². The van der Waals surface area contributed by atoms with Gasteiger partial charge in [0.1, 0.15) is 0 Å². The lowest BCUT2D eigenvalue weighted by atomic mass is 9.95. The molecule has 0 aromatic heterocycles. The highest BCUT2D eigenvalue weighted by atomic mass is 16.2. The molecule has 2 N–H and O–H groups in total. The van der Waals surface area contributed by atoms with E-state index in [0.717, 1.165) is 29.5 Å². The predicted octanol–water partition coefficient (Wildman–Crippen LogP) is 4.55. The predicted molar refractivity (Wildman–Crippen MR) is 109 cm³/mol.